The number of thiazole rings is 1. The number of likely N-dealkylation sites (tertiary alicyclic amines) is 1. The molecule has 0 aliphatic carbocycles. The highest BCUT2D eigenvalue weighted by atomic mass is 32.1. The highest BCUT2D eigenvalue weighted by Gasteiger charge is 2.36. The summed E-state index contributed by atoms with van der Waals surface area (Å²) >= 11 is 1.36. The van der Waals surface area contributed by atoms with Crippen molar-refractivity contribution in [3.63, 3.8) is 0 Å². The monoisotopic (exact) mass is 424 g/mol. The molecule has 29 heavy (non-hydrogen) atoms. The molecular weight excluding hydrogens is 398 g/mol. The van der Waals surface area contributed by atoms with Crippen molar-refractivity contribution in [2.75, 3.05) is 13.1 Å². The van der Waals surface area contributed by atoms with Crippen LogP contribution in [0.4, 0.5) is 8.78 Å². The van der Waals surface area contributed by atoms with Gasteiger partial charge in [0, 0.05) is 31.5 Å². The average molecular weight is 425 g/mol. The Labute approximate surface area is 173 Å². The summed E-state index contributed by atoms with van der Waals surface area (Å²) in [6.45, 7) is 6.87. The largest absolute Gasteiger partial charge is 0.488 e. The van der Waals surface area contributed by atoms with E-state index in [2.05, 4.69) is 4.98 Å². The molecule has 1 aliphatic rings. The highest BCUT2D eigenvalue weighted by molar-refractivity contribution is 7.11. The van der Waals surface area contributed by atoms with Gasteiger partial charge in [-0.2, -0.15) is 0 Å². The van der Waals surface area contributed by atoms with Gasteiger partial charge < -0.3 is 14.7 Å². The van der Waals surface area contributed by atoms with Crippen molar-refractivity contribution in [2.45, 2.75) is 52.2 Å². The van der Waals surface area contributed by atoms with Gasteiger partial charge in [-0.25, -0.2) is 13.8 Å². The van der Waals surface area contributed by atoms with Gasteiger partial charge in [-0.3, -0.25) is 4.79 Å². The van der Waals surface area contributed by atoms with E-state index in [0.717, 1.165) is 22.7 Å². The fourth-order valence-corrected chi connectivity index (χ4v) is 4.52. The highest BCUT2D eigenvalue weighted by Crippen LogP contribution is 2.37. The Morgan fingerprint density at radius 2 is 2.07 bits per heavy atom. The van der Waals surface area contributed by atoms with Crippen LogP contribution in [0.5, 0.6) is 5.75 Å². The second-order valence-electron chi connectivity index (χ2n) is 7.76. The van der Waals surface area contributed by atoms with E-state index in [1.807, 2.05) is 25.7 Å². The number of ether oxygens (including phenoxy) is 1. The van der Waals surface area contributed by atoms with E-state index in [9.17, 15) is 18.7 Å². The summed E-state index contributed by atoms with van der Waals surface area (Å²) in [5, 5.41) is 11.8. The summed E-state index contributed by atoms with van der Waals surface area (Å²) in [4.78, 5) is 19.5. The van der Waals surface area contributed by atoms with Gasteiger partial charge in [0.25, 0.3) is 0 Å². The summed E-state index contributed by atoms with van der Waals surface area (Å²) in [5.74, 6) is -1.62. The Bertz CT molecular complexity index is 887. The smallest absolute Gasteiger partial charge is 0.225 e. The molecule has 0 radical (unpaired) electrons. The summed E-state index contributed by atoms with van der Waals surface area (Å²) < 4.78 is 31.9. The molecule has 2 aromatic rings. The first-order valence-corrected chi connectivity index (χ1v) is 10.6. The van der Waals surface area contributed by atoms with Gasteiger partial charge in [-0.05, 0) is 31.9 Å². The van der Waals surface area contributed by atoms with Gasteiger partial charge >= 0.3 is 0 Å². The van der Waals surface area contributed by atoms with Gasteiger partial charge in [-0.15, -0.1) is 11.3 Å². The Kier molecular flexibility index (Phi) is 6.53. The van der Waals surface area contributed by atoms with Crippen LogP contribution in [-0.4, -0.2) is 34.0 Å². The number of aliphatic hydroxyl groups is 1. The van der Waals surface area contributed by atoms with Crippen LogP contribution >= 0.6 is 11.3 Å². The predicted molar refractivity (Wildman–Crippen MR) is 107 cm³/mol. The van der Waals surface area contributed by atoms with E-state index in [4.69, 9.17) is 4.74 Å². The minimum absolute atomic E-state index is 0.0663. The maximum Gasteiger partial charge on any atom is 0.225 e. The quantitative estimate of drug-likeness (QED) is 0.783. The molecule has 2 heterocycles. The Morgan fingerprint density at radius 3 is 2.76 bits per heavy atom. The first-order chi connectivity index (χ1) is 13.7. The molecule has 1 saturated heterocycles. The molecule has 0 unspecified atom stereocenters. The number of nitrogens with zero attached hydrogens (tertiary/aromatic N) is 2. The summed E-state index contributed by atoms with van der Waals surface area (Å²) in [5.41, 5.74) is -0.345. The second-order valence-corrected chi connectivity index (χ2v) is 8.84. The fraction of sp³-hybridized carbons (Fsp3) is 0.524. The van der Waals surface area contributed by atoms with Crippen molar-refractivity contribution in [2.24, 2.45) is 5.92 Å². The van der Waals surface area contributed by atoms with Gasteiger partial charge in [0.2, 0.25) is 5.91 Å². The van der Waals surface area contributed by atoms with Crippen LogP contribution in [0.1, 0.15) is 48.7 Å². The number of aryl methyl sites for hydroxylation is 1. The van der Waals surface area contributed by atoms with Crippen LogP contribution in [0.3, 0.4) is 0 Å². The number of halogens is 2. The van der Waals surface area contributed by atoms with E-state index in [-0.39, 0.29) is 24.2 Å². The molecule has 1 N–H and O–H groups in total. The van der Waals surface area contributed by atoms with Crippen LogP contribution in [-0.2, 0) is 17.0 Å². The van der Waals surface area contributed by atoms with E-state index >= 15 is 0 Å². The Balaban J connectivity index is 1.69. The molecule has 1 amide bonds. The topological polar surface area (TPSA) is 62.7 Å². The van der Waals surface area contributed by atoms with Crippen LogP contribution in [0.25, 0.3) is 0 Å². The third-order valence-corrected chi connectivity index (χ3v) is 6.50. The summed E-state index contributed by atoms with van der Waals surface area (Å²) in [6.07, 6.45) is 1.67. The molecule has 1 aromatic heterocycles. The molecule has 1 aliphatic heterocycles. The van der Waals surface area contributed by atoms with E-state index in [0.29, 0.717) is 37.4 Å². The van der Waals surface area contributed by atoms with Crippen molar-refractivity contribution in [1.82, 2.24) is 9.88 Å². The van der Waals surface area contributed by atoms with Crippen molar-refractivity contribution < 1.29 is 23.4 Å². The summed E-state index contributed by atoms with van der Waals surface area (Å²) in [7, 11) is 0. The lowest BCUT2D eigenvalue weighted by atomic mass is 9.96. The molecule has 0 spiro atoms. The number of aromatic nitrogens is 1. The molecular formula is C21H26F2N2O3S. The minimum Gasteiger partial charge on any atom is -0.488 e. The Hall–Kier alpha value is -2.06. The summed E-state index contributed by atoms with van der Waals surface area (Å²) in [6, 6.07) is 3.40. The van der Waals surface area contributed by atoms with Crippen LogP contribution in [0.2, 0.25) is 0 Å². The molecule has 3 rings (SSSR count). The minimum atomic E-state index is -1.08. The van der Waals surface area contributed by atoms with Crippen molar-refractivity contribution in [1.29, 1.82) is 0 Å². The van der Waals surface area contributed by atoms with Crippen molar-refractivity contribution in [3.05, 3.63) is 45.4 Å². The van der Waals surface area contributed by atoms with Gasteiger partial charge in [0.1, 0.15) is 23.0 Å². The lowest BCUT2D eigenvalue weighted by molar-refractivity contribution is -0.134. The first-order valence-electron chi connectivity index (χ1n) is 9.75. The predicted octanol–water partition coefficient (Wildman–Crippen LogP) is 4.16. The molecule has 0 saturated carbocycles. The third-order valence-electron chi connectivity index (χ3n) is 5.17. The lowest BCUT2D eigenvalue weighted by Gasteiger charge is -2.25. The van der Waals surface area contributed by atoms with Crippen LogP contribution in [0.15, 0.2) is 18.2 Å². The van der Waals surface area contributed by atoms with Crippen LogP contribution < -0.4 is 4.74 Å². The number of rotatable bonds is 5. The molecule has 158 valence electrons. The van der Waals surface area contributed by atoms with E-state index < -0.39 is 17.2 Å². The molecule has 1 atom stereocenters. The number of hydrogen-bond acceptors (Lipinski definition) is 5. The zero-order chi connectivity index (χ0) is 21.2. The Morgan fingerprint density at radius 1 is 1.31 bits per heavy atom. The average Bonchev–Trinajstić information content (AvgIpc) is 2.94. The second kappa shape index (κ2) is 8.75. The number of hydrogen-bond donors (Lipinski definition) is 1. The van der Waals surface area contributed by atoms with Gasteiger partial charge in [-0.1, -0.05) is 13.8 Å². The van der Waals surface area contributed by atoms with Crippen molar-refractivity contribution >= 4 is 17.2 Å². The first kappa shape index (κ1) is 21.6. The van der Waals surface area contributed by atoms with E-state index in [1.54, 1.807) is 0 Å². The molecule has 5 nitrogen and oxygen atoms in total. The fourth-order valence-electron chi connectivity index (χ4n) is 3.39. The normalized spacial score (nSPS) is 20.0. The van der Waals surface area contributed by atoms with Crippen LogP contribution in [0, 0.1) is 24.5 Å². The third kappa shape index (κ3) is 4.93. The SMILES string of the molecule is Cc1nc([C@]2(O)CCCN(C(=O)C(C)C)CC2)sc1COc1ccc(F)c(F)c1. The van der Waals surface area contributed by atoms with Gasteiger partial charge in [0.15, 0.2) is 11.6 Å². The zero-order valence-corrected chi connectivity index (χ0v) is 17.7. The van der Waals surface area contributed by atoms with Gasteiger partial charge in [0.05, 0.1) is 10.6 Å². The maximum absolute atomic E-state index is 13.3. The number of carbonyl (C=O) groups excluding carboxylic acids is 1. The molecule has 1 fully saturated rings. The van der Waals surface area contributed by atoms with E-state index in [1.165, 1.54) is 17.4 Å². The maximum atomic E-state index is 13.3. The lowest BCUT2D eigenvalue weighted by Crippen LogP contribution is -2.36. The molecule has 1 aromatic carbocycles. The number of benzene rings is 1. The number of carbonyl (C=O) groups is 1. The number of amides is 1. The zero-order valence-electron chi connectivity index (χ0n) is 16.9. The molecule has 8 heteroatoms. The standard InChI is InChI=1S/C21H26F2N2O3S/c1-13(2)19(26)25-9-4-7-21(27,8-10-25)20-24-14(3)18(29-20)12-28-15-5-6-16(22)17(23)11-15/h5-6,11,13,27H,4,7-10,12H2,1-3H3/t21-/m0/s1. The molecule has 0 bridgehead atoms. The van der Waals surface area contributed by atoms with Crippen molar-refractivity contribution in [3.8, 4) is 5.75 Å².